The van der Waals surface area contributed by atoms with Crippen LogP contribution in [0.25, 0.3) is 10.9 Å². The molecule has 5 amide bonds. The summed E-state index contributed by atoms with van der Waals surface area (Å²) in [7, 11) is -3.96. The lowest BCUT2D eigenvalue weighted by Crippen LogP contribution is -2.59. The summed E-state index contributed by atoms with van der Waals surface area (Å²) in [4.78, 5) is 64.8. The maximum Gasteiger partial charge on any atom is 0.318 e. The van der Waals surface area contributed by atoms with Crippen molar-refractivity contribution in [3.05, 3.63) is 47.7 Å². The van der Waals surface area contributed by atoms with E-state index in [9.17, 15) is 27.6 Å². The summed E-state index contributed by atoms with van der Waals surface area (Å²) in [5.41, 5.74) is 0.254. The van der Waals surface area contributed by atoms with Crippen LogP contribution in [0.15, 0.2) is 36.4 Å². The second kappa shape index (κ2) is 13.3. The lowest BCUT2D eigenvalue weighted by atomic mass is 9.87. The summed E-state index contributed by atoms with van der Waals surface area (Å²) in [5.74, 6) is -1.40. The Hall–Kier alpha value is -4.20. The van der Waals surface area contributed by atoms with E-state index in [-0.39, 0.29) is 31.3 Å². The van der Waals surface area contributed by atoms with Crippen LogP contribution in [0.5, 0.6) is 5.75 Å². The fraction of sp³-hybridized carbons (Fsp3) is 0.615. The maximum atomic E-state index is 14.8. The third-order valence-corrected chi connectivity index (χ3v) is 14.7. The molecule has 14 heteroatoms. The number of likely N-dealkylation sites (tertiary alicyclic amines) is 1. The van der Waals surface area contributed by atoms with Crippen molar-refractivity contribution in [1.82, 2.24) is 30.1 Å². The minimum Gasteiger partial charge on any atom is -0.483 e. The van der Waals surface area contributed by atoms with Crippen molar-refractivity contribution in [2.24, 2.45) is 5.92 Å². The highest BCUT2D eigenvalue weighted by molar-refractivity contribution is 7.91. The van der Waals surface area contributed by atoms with Crippen LogP contribution >= 0.6 is 0 Å². The number of nitrogens with one attached hydrogen (secondary N) is 3. The zero-order chi connectivity index (χ0) is 37.2. The largest absolute Gasteiger partial charge is 0.483 e. The molecule has 13 nitrogen and oxygen atoms in total. The predicted octanol–water partition coefficient (Wildman–Crippen LogP) is 3.78. The fourth-order valence-electron chi connectivity index (χ4n) is 8.80. The van der Waals surface area contributed by atoms with Crippen LogP contribution in [-0.4, -0.2) is 94.6 Å². The first-order valence-electron chi connectivity index (χ1n) is 19.3. The zero-order valence-electron chi connectivity index (χ0n) is 30.6. The van der Waals surface area contributed by atoms with Gasteiger partial charge in [0.1, 0.15) is 29.0 Å². The first kappa shape index (κ1) is 35.8. The molecule has 0 bridgehead atoms. The standard InChI is InChI=1S/C39H50N6O7S/c1-25-32-28(27-13-8-9-14-29(27)40-25)16-17-38(52-32)23-31-33(46)42-39(35(48)43-53(50,51)37(2)18-19-37)22-26(39)12-6-4-3-5-7-15-30(34(47)45(31)24-38)41-36(49)44-20-10-11-21-44/h6,8-9,12-14,26,30-31H,3-5,7,10-11,15-24H2,1-2H3,(H,41,49)(H,42,46)(H,43,48)/t26-,30+,31+,38-,39-/m1/s1. The molecule has 0 radical (unpaired) electrons. The number of pyridine rings is 1. The number of hydrogen-bond acceptors (Lipinski definition) is 8. The summed E-state index contributed by atoms with van der Waals surface area (Å²) in [5, 5.41) is 7.00. The Bertz CT molecular complexity index is 1990. The van der Waals surface area contributed by atoms with Gasteiger partial charge >= 0.3 is 6.03 Å². The number of fused-ring (bicyclic) bond motifs is 5. The van der Waals surface area contributed by atoms with Crippen molar-refractivity contribution in [3.8, 4) is 5.75 Å². The van der Waals surface area contributed by atoms with Crippen molar-refractivity contribution in [3.63, 3.8) is 0 Å². The van der Waals surface area contributed by atoms with E-state index in [0.717, 1.165) is 54.3 Å². The second-order valence-electron chi connectivity index (χ2n) is 16.4. The topological polar surface area (TPSA) is 167 Å². The molecule has 1 aromatic heterocycles. The lowest BCUT2D eigenvalue weighted by molar-refractivity contribution is -0.141. The molecule has 284 valence electrons. The fourth-order valence-corrected chi connectivity index (χ4v) is 10.1. The van der Waals surface area contributed by atoms with Crippen LogP contribution in [0, 0.1) is 12.8 Å². The highest BCUT2D eigenvalue weighted by atomic mass is 32.2. The number of hydrogen-bond donors (Lipinski definition) is 3. The number of benzene rings is 1. The molecule has 4 aliphatic heterocycles. The third kappa shape index (κ3) is 6.54. The Morgan fingerprint density at radius 2 is 1.79 bits per heavy atom. The van der Waals surface area contributed by atoms with Crippen LogP contribution in [-0.2, 0) is 30.8 Å². The van der Waals surface area contributed by atoms with Gasteiger partial charge in [0.05, 0.1) is 22.5 Å². The van der Waals surface area contributed by atoms with Gasteiger partial charge in [0.2, 0.25) is 21.8 Å². The number of nitrogens with zero attached hydrogens (tertiary/aromatic N) is 3. The number of amides is 5. The number of aryl methyl sites for hydroxylation is 2. The van der Waals surface area contributed by atoms with Gasteiger partial charge in [-0.1, -0.05) is 43.2 Å². The average Bonchev–Trinajstić information content (AvgIpc) is 3.90. The quantitative estimate of drug-likeness (QED) is 0.398. The van der Waals surface area contributed by atoms with Crippen molar-refractivity contribution < 1.29 is 32.3 Å². The van der Waals surface area contributed by atoms with Gasteiger partial charge in [-0.15, -0.1) is 0 Å². The summed E-state index contributed by atoms with van der Waals surface area (Å²) in [6, 6.07) is 5.76. The number of carbonyl (C=O) groups is 4. The van der Waals surface area contributed by atoms with Crippen LogP contribution in [0.4, 0.5) is 4.79 Å². The summed E-state index contributed by atoms with van der Waals surface area (Å²) in [6.45, 7) is 4.89. The number of sulfonamides is 1. The molecule has 2 saturated carbocycles. The molecule has 6 aliphatic rings. The van der Waals surface area contributed by atoms with Gasteiger partial charge in [0.25, 0.3) is 5.91 Å². The van der Waals surface area contributed by atoms with Crippen molar-refractivity contribution in [1.29, 1.82) is 0 Å². The predicted molar refractivity (Wildman–Crippen MR) is 197 cm³/mol. The number of aromatic nitrogens is 1. The molecule has 2 saturated heterocycles. The Morgan fingerprint density at radius 1 is 1.02 bits per heavy atom. The highest BCUT2D eigenvalue weighted by Crippen LogP contribution is 2.49. The van der Waals surface area contributed by atoms with Crippen LogP contribution in [0.3, 0.4) is 0 Å². The minimum atomic E-state index is -3.96. The molecule has 1 spiro atoms. The van der Waals surface area contributed by atoms with E-state index < -0.39 is 55.7 Å². The summed E-state index contributed by atoms with van der Waals surface area (Å²) >= 11 is 0. The number of para-hydroxylation sites is 1. The van der Waals surface area contributed by atoms with Gasteiger partial charge in [0, 0.05) is 36.4 Å². The van der Waals surface area contributed by atoms with Gasteiger partial charge in [-0.2, -0.15) is 0 Å². The van der Waals surface area contributed by atoms with Crippen molar-refractivity contribution >= 4 is 44.7 Å². The Balaban J connectivity index is 1.13. The van der Waals surface area contributed by atoms with Gasteiger partial charge < -0.3 is 25.2 Å². The number of carbonyl (C=O) groups excluding carboxylic acids is 4. The molecule has 8 rings (SSSR count). The van der Waals surface area contributed by atoms with Crippen molar-refractivity contribution in [2.45, 2.75) is 125 Å². The molecule has 53 heavy (non-hydrogen) atoms. The van der Waals surface area contributed by atoms with E-state index in [1.807, 2.05) is 43.3 Å². The number of rotatable bonds is 4. The van der Waals surface area contributed by atoms with Crippen LogP contribution in [0.1, 0.15) is 95.2 Å². The number of allylic oxidation sites excluding steroid dienone is 1. The van der Waals surface area contributed by atoms with E-state index >= 15 is 0 Å². The Labute approximate surface area is 310 Å². The first-order chi connectivity index (χ1) is 25.3. The number of urea groups is 1. The van der Waals surface area contributed by atoms with E-state index in [4.69, 9.17) is 9.72 Å². The average molecular weight is 747 g/mol. The monoisotopic (exact) mass is 746 g/mol. The molecule has 5 heterocycles. The minimum absolute atomic E-state index is 0.112. The van der Waals surface area contributed by atoms with Crippen molar-refractivity contribution in [2.75, 3.05) is 19.6 Å². The van der Waals surface area contributed by atoms with Crippen LogP contribution < -0.4 is 20.1 Å². The van der Waals surface area contributed by atoms with Gasteiger partial charge in [0.15, 0.2) is 0 Å². The molecule has 1 aromatic carbocycles. The molecule has 3 N–H and O–H groups in total. The number of ether oxygens (including phenoxy) is 1. The molecule has 2 aromatic rings. The molecular formula is C39H50N6O7S. The van der Waals surface area contributed by atoms with Gasteiger partial charge in [-0.25, -0.2) is 18.2 Å². The third-order valence-electron chi connectivity index (χ3n) is 12.6. The van der Waals surface area contributed by atoms with Crippen LogP contribution in [0.2, 0.25) is 0 Å². The molecular weight excluding hydrogens is 697 g/mol. The van der Waals surface area contributed by atoms with E-state index in [1.54, 1.807) is 16.7 Å². The first-order valence-corrected chi connectivity index (χ1v) is 20.8. The Morgan fingerprint density at radius 3 is 2.57 bits per heavy atom. The van der Waals surface area contributed by atoms with E-state index in [1.165, 1.54) is 0 Å². The lowest BCUT2D eigenvalue weighted by Gasteiger charge is -2.36. The normalized spacial score (nSPS) is 31.0. The Kier molecular flexibility index (Phi) is 8.97. The van der Waals surface area contributed by atoms with Gasteiger partial charge in [-0.05, 0) is 84.1 Å². The maximum absolute atomic E-state index is 14.8. The zero-order valence-corrected chi connectivity index (χ0v) is 31.4. The smallest absolute Gasteiger partial charge is 0.318 e. The highest BCUT2D eigenvalue weighted by Gasteiger charge is 2.64. The molecule has 0 unspecified atom stereocenters. The SMILES string of the molecule is Cc1nc2ccccc2c2c1O[C@]1(CC2)C[C@H]2C(=O)N[C@]3(C(=O)NS(=O)(=O)C4(C)CC4)C[C@H]3C=CCCCCC[C@H](NC(=O)N3CCCC3)C(=O)N2C1. The van der Waals surface area contributed by atoms with E-state index in [0.29, 0.717) is 57.4 Å². The second-order valence-corrected chi connectivity index (χ2v) is 18.6. The van der Waals surface area contributed by atoms with Gasteiger partial charge in [-0.3, -0.25) is 19.1 Å². The van der Waals surface area contributed by atoms with E-state index in [2.05, 4.69) is 15.4 Å². The summed E-state index contributed by atoms with van der Waals surface area (Å²) in [6.07, 6.45) is 11.8. The summed E-state index contributed by atoms with van der Waals surface area (Å²) < 4.78 is 34.6. The molecule has 4 fully saturated rings. The molecule has 2 aliphatic carbocycles. The molecule has 5 atom stereocenters.